The van der Waals surface area contributed by atoms with Crippen LogP contribution in [0.15, 0.2) is 73.0 Å². The van der Waals surface area contributed by atoms with Crippen molar-refractivity contribution in [2.75, 3.05) is 6.61 Å². The molecule has 2 aromatic carbocycles. The Bertz CT molecular complexity index is 671. The molecule has 0 aromatic heterocycles. The molecular formula is C20H20O4. The summed E-state index contributed by atoms with van der Waals surface area (Å²) in [5.74, 6) is 0. The molecule has 0 spiro atoms. The van der Waals surface area contributed by atoms with Gasteiger partial charge in [-0.05, 0) is 11.6 Å². The molecule has 2 aromatic rings. The number of fused-ring (bicyclic) bond motifs is 1. The smallest absolute Gasteiger partial charge is 0.184 e. The summed E-state index contributed by atoms with van der Waals surface area (Å²) in [6.45, 7) is 1.03. The first-order valence-electron chi connectivity index (χ1n) is 8.20. The monoisotopic (exact) mass is 324 g/mol. The quantitative estimate of drug-likeness (QED) is 0.861. The lowest BCUT2D eigenvalue weighted by Gasteiger charge is -2.40. The lowest BCUT2D eigenvalue weighted by Crippen LogP contribution is -2.50. The summed E-state index contributed by atoms with van der Waals surface area (Å²) in [6, 6.07) is 20.1. The second-order valence-corrected chi connectivity index (χ2v) is 5.94. The molecule has 2 aliphatic heterocycles. The summed E-state index contributed by atoms with van der Waals surface area (Å²) in [5.41, 5.74) is 2.15. The average Bonchev–Trinajstić information content (AvgIpc) is 2.67. The lowest BCUT2D eigenvalue weighted by atomic mass is 10.0. The Labute approximate surface area is 141 Å². The molecule has 0 N–H and O–H groups in total. The highest BCUT2D eigenvalue weighted by atomic mass is 16.7. The zero-order valence-corrected chi connectivity index (χ0v) is 13.3. The minimum atomic E-state index is -0.384. The molecule has 2 aliphatic rings. The van der Waals surface area contributed by atoms with Gasteiger partial charge in [0.2, 0.25) is 0 Å². The zero-order chi connectivity index (χ0) is 16.2. The molecule has 2 unspecified atom stereocenters. The third kappa shape index (κ3) is 3.36. The van der Waals surface area contributed by atoms with E-state index in [9.17, 15) is 0 Å². The van der Waals surface area contributed by atoms with Crippen molar-refractivity contribution < 1.29 is 18.9 Å². The molecule has 0 bridgehead atoms. The third-order valence-electron chi connectivity index (χ3n) is 4.26. The first-order valence-corrected chi connectivity index (χ1v) is 8.20. The average molecular weight is 324 g/mol. The van der Waals surface area contributed by atoms with Crippen LogP contribution >= 0.6 is 0 Å². The van der Waals surface area contributed by atoms with Gasteiger partial charge in [0.05, 0.1) is 19.5 Å². The third-order valence-corrected chi connectivity index (χ3v) is 4.26. The van der Waals surface area contributed by atoms with Crippen LogP contribution in [0.4, 0.5) is 0 Å². The van der Waals surface area contributed by atoms with Crippen molar-refractivity contribution in [3.05, 3.63) is 84.1 Å². The van der Waals surface area contributed by atoms with Gasteiger partial charge in [-0.3, -0.25) is 0 Å². The van der Waals surface area contributed by atoms with E-state index in [1.165, 1.54) is 0 Å². The van der Waals surface area contributed by atoms with Gasteiger partial charge in [0, 0.05) is 5.56 Å². The van der Waals surface area contributed by atoms with Gasteiger partial charge in [-0.25, -0.2) is 0 Å². The Morgan fingerprint density at radius 2 is 1.71 bits per heavy atom. The van der Waals surface area contributed by atoms with Crippen molar-refractivity contribution in [3.63, 3.8) is 0 Å². The van der Waals surface area contributed by atoms with Gasteiger partial charge in [0.25, 0.3) is 0 Å². The first-order chi connectivity index (χ1) is 11.9. The number of rotatable bonds is 4. The Kier molecular flexibility index (Phi) is 4.60. The summed E-state index contributed by atoms with van der Waals surface area (Å²) >= 11 is 0. The summed E-state index contributed by atoms with van der Waals surface area (Å²) in [7, 11) is 0. The maximum absolute atomic E-state index is 6.15. The Morgan fingerprint density at radius 3 is 2.50 bits per heavy atom. The molecule has 24 heavy (non-hydrogen) atoms. The van der Waals surface area contributed by atoms with Crippen LogP contribution in [-0.4, -0.2) is 24.9 Å². The summed E-state index contributed by atoms with van der Waals surface area (Å²) in [5, 5.41) is 0. The lowest BCUT2D eigenvalue weighted by molar-refractivity contribution is -0.281. The van der Waals surface area contributed by atoms with Crippen molar-refractivity contribution in [3.8, 4) is 0 Å². The van der Waals surface area contributed by atoms with Gasteiger partial charge in [0.15, 0.2) is 12.4 Å². The molecule has 0 amide bonds. The molecule has 2 heterocycles. The van der Waals surface area contributed by atoms with E-state index in [-0.39, 0.29) is 24.6 Å². The normalized spacial score (nSPS) is 28.8. The van der Waals surface area contributed by atoms with Gasteiger partial charge < -0.3 is 18.9 Å². The minimum Gasteiger partial charge on any atom is -0.493 e. The second-order valence-electron chi connectivity index (χ2n) is 5.94. The van der Waals surface area contributed by atoms with Gasteiger partial charge in [-0.15, -0.1) is 0 Å². The summed E-state index contributed by atoms with van der Waals surface area (Å²) in [4.78, 5) is 0. The minimum absolute atomic E-state index is 0.143. The van der Waals surface area contributed by atoms with Crippen LogP contribution in [0.1, 0.15) is 17.4 Å². The van der Waals surface area contributed by atoms with Crippen molar-refractivity contribution in [1.29, 1.82) is 0 Å². The number of ether oxygens (including phenoxy) is 4. The molecule has 1 saturated heterocycles. The first kappa shape index (κ1) is 15.4. The van der Waals surface area contributed by atoms with Crippen LogP contribution < -0.4 is 0 Å². The van der Waals surface area contributed by atoms with Gasteiger partial charge in [0.1, 0.15) is 12.2 Å². The van der Waals surface area contributed by atoms with Crippen LogP contribution in [0.2, 0.25) is 0 Å². The molecule has 0 aliphatic carbocycles. The highest BCUT2D eigenvalue weighted by Gasteiger charge is 2.40. The van der Waals surface area contributed by atoms with Crippen LogP contribution in [0.3, 0.4) is 0 Å². The van der Waals surface area contributed by atoms with Crippen molar-refractivity contribution in [2.45, 2.75) is 31.2 Å². The van der Waals surface area contributed by atoms with Gasteiger partial charge in [-0.2, -0.15) is 0 Å². The molecule has 4 rings (SSSR count). The summed E-state index contributed by atoms with van der Waals surface area (Å²) in [6.07, 6.45) is 2.74. The fourth-order valence-corrected chi connectivity index (χ4v) is 2.99. The summed E-state index contributed by atoms with van der Waals surface area (Å²) < 4.78 is 23.7. The van der Waals surface area contributed by atoms with Crippen molar-refractivity contribution >= 4 is 0 Å². The van der Waals surface area contributed by atoms with E-state index >= 15 is 0 Å². The molecule has 4 heteroatoms. The van der Waals surface area contributed by atoms with E-state index in [0.29, 0.717) is 13.2 Å². The van der Waals surface area contributed by atoms with Crippen LogP contribution in [0, 0.1) is 0 Å². The number of hydrogen-bond donors (Lipinski definition) is 0. The molecule has 4 atom stereocenters. The Morgan fingerprint density at radius 1 is 0.958 bits per heavy atom. The van der Waals surface area contributed by atoms with E-state index in [0.717, 1.165) is 11.1 Å². The van der Waals surface area contributed by atoms with Crippen LogP contribution in [-0.2, 0) is 25.6 Å². The standard InChI is InChI=1S/C20H20O4/c1-3-7-15(8-4-1)13-22-17-11-12-21-18-14-23-20(24-19(17)18)16-9-5-2-6-10-16/h1-12,17-20H,13-14H2/t17-,18?,19-,20?/m0/s1. The van der Waals surface area contributed by atoms with E-state index in [4.69, 9.17) is 18.9 Å². The zero-order valence-electron chi connectivity index (χ0n) is 13.3. The van der Waals surface area contributed by atoms with Crippen molar-refractivity contribution in [2.24, 2.45) is 0 Å². The largest absolute Gasteiger partial charge is 0.493 e. The molecule has 124 valence electrons. The fraction of sp³-hybridized carbons (Fsp3) is 0.300. The highest BCUT2D eigenvalue weighted by molar-refractivity contribution is 5.17. The number of benzene rings is 2. The van der Waals surface area contributed by atoms with E-state index < -0.39 is 0 Å². The maximum Gasteiger partial charge on any atom is 0.184 e. The SMILES string of the molecule is C1=C[C@H](OCc2ccccc2)[C@@H]2OC(c3ccccc3)OCC2O1. The van der Waals surface area contributed by atoms with Crippen molar-refractivity contribution in [1.82, 2.24) is 0 Å². The topological polar surface area (TPSA) is 36.9 Å². The van der Waals surface area contributed by atoms with E-state index in [1.807, 2.05) is 54.6 Å². The second kappa shape index (κ2) is 7.18. The molecule has 0 radical (unpaired) electrons. The predicted octanol–water partition coefficient (Wildman–Crippen LogP) is 3.60. The van der Waals surface area contributed by atoms with Crippen LogP contribution in [0.25, 0.3) is 0 Å². The van der Waals surface area contributed by atoms with E-state index in [2.05, 4.69) is 12.1 Å². The molecule has 4 nitrogen and oxygen atoms in total. The molecule has 0 saturated carbocycles. The van der Waals surface area contributed by atoms with Gasteiger partial charge in [-0.1, -0.05) is 60.7 Å². The Balaban J connectivity index is 1.45. The Hall–Kier alpha value is -2.14. The fourth-order valence-electron chi connectivity index (χ4n) is 2.99. The predicted molar refractivity (Wildman–Crippen MR) is 89.0 cm³/mol. The highest BCUT2D eigenvalue weighted by Crippen LogP contribution is 2.32. The molecular weight excluding hydrogens is 304 g/mol. The maximum atomic E-state index is 6.15. The van der Waals surface area contributed by atoms with Crippen LogP contribution in [0.5, 0.6) is 0 Å². The number of hydrogen-bond acceptors (Lipinski definition) is 4. The van der Waals surface area contributed by atoms with E-state index in [1.54, 1.807) is 6.26 Å². The van der Waals surface area contributed by atoms with Gasteiger partial charge >= 0.3 is 0 Å². The molecule has 1 fully saturated rings.